The average molecular weight is 285 g/mol. The fraction of sp³-hybridized carbons (Fsp3) is 0.143. The van der Waals surface area contributed by atoms with Gasteiger partial charge in [0.15, 0.2) is 0 Å². The summed E-state index contributed by atoms with van der Waals surface area (Å²) in [6.45, 7) is 0. The molecule has 0 saturated heterocycles. The van der Waals surface area contributed by atoms with Crippen LogP contribution in [0.1, 0.15) is 22.3 Å². The summed E-state index contributed by atoms with van der Waals surface area (Å²) in [5.41, 5.74) is 4.29. The van der Waals surface area contributed by atoms with Crippen molar-refractivity contribution in [3.63, 3.8) is 0 Å². The van der Waals surface area contributed by atoms with Crippen LogP contribution >= 0.6 is 27.5 Å². The molecule has 1 amide bonds. The number of rotatable bonds is 2. The Morgan fingerprint density at radius 3 is 2.64 bits per heavy atom. The summed E-state index contributed by atoms with van der Waals surface area (Å²) < 4.78 is 24.7. The van der Waals surface area contributed by atoms with Gasteiger partial charge in [0.05, 0.1) is 11.1 Å². The van der Waals surface area contributed by atoms with Crippen molar-refractivity contribution in [2.24, 2.45) is 5.73 Å². The molecule has 2 N–H and O–H groups in total. The van der Waals surface area contributed by atoms with E-state index in [1.165, 1.54) is 0 Å². The number of nitrogens with two attached hydrogens (primary N) is 1. The topological polar surface area (TPSA) is 56.0 Å². The second-order valence-corrected chi connectivity index (χ2v) is 3.51. The minimum atomic E-state index is -2.82. The van der Waals surface area contributed by atoms with E-state index >= 15 is 0 Å². The average Bonchev–Trinajstić information content (AvgIpc) is 2.02. The van der Waals surface area contributed by atoms with Gasteiger partial charge < -0.3 is 5.73 Å². The number of carbonyl (C=O) groups is 1. The molecular formula is C7H4BrClF2N2O. The lowest BCUT2D eigenvalue weighted by atomic mass is 10.2. The maximum Gasteiger partial charge on any atom is 0.267 e. The van der Waals surface area contributed by atoms with Crippen molar-refractivity contribution < 1.29 is 13.6 Å². The number of pyridine rings is 1. The summed E-state index contributed by atoms with van der Waals surface area (Å²) in [7, 11) is 0. The van der Waals surface area contributed by atoms with E-state index in [0.717, 1.165) is 6.20 Å². The smallest absolute Gasteiger partial charge is 0.267 e. The summed E-state index contributed by atoms with van der Waals surface area (Å²) in [4.78, 5) is 14.2. The fourth-order valence-corrected chi connectivity index (χ4v) is 1.84. The lowest BCUT2D eigenvalue weighted by Crippen LogP contribution is -2.13. The van der Waals surface area contributed by atoms with Crippen LogP contribution in [0.25, 0.3) is 0 Å². The Balaban J connectivity index is 3.41. The van der Waals surface area contributed by atoms with E-state index < -0.39 is 17.9 Å². The van der Waals surface area contributed by atoms with E-state index in [2.05, 4.69) is 20.9 Å². The first-order valence-electron chi connectivity index (χ1n) is 3.37. The number of nitrogens with zero attached hydrogens (tertiary/aromatic N) is 1. The van der Waals surface area contributed by atoms with E-state index in [1.807, 2.05) is 0 Å². The number of alkyl halides is 2. The molecule has 0 spiro atoms. The molecule has 0 aliphatic rings. The predicted octanol–water partition coefficient (Wildman–Crippen LogP) is 2.53. The van der Waals surface area contributed by atoms with Crippen molar-refractivity contribution >= 4 is 33.4 Å². The monoisotopic (exact) mass is 284 g/mol. The van der Waals surface area contributed by atoms with Gasteiger partial charge in [-0.2, -0.15) is 0 Å². The Hall–Kier alpha value is -0.750. The zero-order valence-corrected chi connectivity index (χ0v) is 8.94. The highest BCUT2D eigenvalue weighted by Crippen LogP contribution is 2.34. The molecular weight excluding hydrogens is 281 g/mol. The third-order valence-corrected chi connectivity index (χ3v) is 2.64. The predicted molar refractivity (Wildman–Crippen MR) is 50.4 cm³/mol. The van der Waals surface area contributed by atoms with Crippen molar-refractivity contribution in [1.82, 2.24) is 4.98 Å². The lowest BCUT2D eigenvalue weighted by molar-refractivity contribution is 0.0998. The summed E-state index contributed by atoms with van der Waals surface area (Å²) in [5.74, 6) is -0.844. The Kier molecular flexibility index (Phi) is 3.38. The van der Waals surface area contributed by atoms with Gasteiger partial charge >= 0.3 is 0 Å². The second-order valence-electron chi connectivity index (χ2n) is 2.36. The molecule has 14 heavy (non-hydrogen) atoms. The molecule has 1 heterocycles. The minimum Gasteiger partial charge on any atom is -0.366 e. The first-order chi connectivity index (χ1) is 6.45. The number of aromatic nitrogens is 1. The maximum atomic E-state index is 12.4. The van der Waals surface area contributed by atoms with Gasteiger partial charge in [-0.3, -0.25) is 4.79 Å². The van der Waals surface area contributed by atoms with E-state index in [0.29, 0.717) is 0 Å². The van der Waals surface area contributed by atoms with Crippen LogP contribution in [0.5, 0.6) is 0 Å². The van der Waals surface area contributed by atoms with Crippen LogP contribution in [0.15, 0.2) is 10.7 Å². The van der Waals surface area contributed by atoms with Gasteiger partial charge in [0.1, 0.15) is 5.15 Å². The Bertz CT molecular complexity index is 386. The van der Waals surface area contributed by atoms with Gasteiger partial charge in [0, 0.05) is 10.7 Å². The van der Waals surface area contributed by atoms with E-state index in [1.54, 1.807) is 0 Å². The first kappa shape index (κ1) is 11.3. The van der Waals surface area contributed by atoms with Crippen molar-refractivity contribution in [2.45, 2.75) is 6.43 Å². The van der Waals surface area contributed by atoms with Crippen LogP contribution in [0.3, 0.4) is 0 Å². The highest BCUT2D eigenvalue weighted by atomic mass is 79.9. The first-order valence-corrected chi connectivity index (χ1v) is 4.54. The molecule has 0 aliphatic carbocycles. The molecule has 0 saturated carbocycles. The highest BCUT2D eigenvalue weighted by molar-refractivity contribution is 9.10. The largest absolute Gasteiger partial charge is 0.366 e. The molecule has 3 nitrogen and oxygen atoms in total. The normalized spacial score (nSPS) is 10.6. The number of hydrogen-bond donors (Lipinski definition) is 1. The third kappa shape index (κ3) is 2.01. The molecule has 0 fully saturated rings. The summed E-state index contributed by atoms with van der Waals surface area (Å²) in [5, 5.41) is -0.350. The number of hydrogen-bond acceptors (Lipinski definition) is 2. The molecule has 76 valence electrons. The van der Waals surface area contributed by atoms with Gasteiger partial charge in [-0.1, -0.05) is 11.6 Å². The van der Waals surface area contributed by atoms with Gasteiger partial charge in [-0.15, -0.1) is 0 Å². The molecule has 7 heteroatoms. The number of primary amides is 1. The molecule has 0 aliphatic heterocycles. The number of halogens is 4. The van der Waals surface area contributed by atoms with Gasteiger partial charge in [-0.25, -0.2) is 13.8 Å². The standard InChI is InChI=1S/C7H4BrClF2N2O/c8-4-2(7(12)14)1-13-5(9)3(4)6(10)11/h1,6H,(H2,12,14). The van der Waals surface area contributed by atoms with Gasteiger partial charge in [0.2, 0.25) is 0 Å². The molecule has 1 aromatic rings. The van der Waals surface area contributed by atoms with E-state index in [4.69, 9.17) is 17.3 Å². The van der Waals surface area contributed by atoms with Crippen molar-refractivity contribution in [3.05, 3.63) is 26.9 Å². The molecule has 0 bridgehead atoms. The fourth-order valence-electron chi connectivity index (χ4n) is 0.841. The third-order valence-electron chi connectivity index (χ3n) is 1.49. The van der Waals surface area contributed by atoms with Crippen LogP contribution in [0, 0.1) is 0 Å². The zero-order valence-electron chi connectivity index (χ0n) is 6.60. The molecule has 0 unspecified atom stereocenters. The number of amides is 1. The summed E-state index contributed by atoms with van der Waals surface area (Å²) in [6.07, 6.45) is -1.77. The van der Waals surface area contributed by atoms with Crippen LogP contribution in [0.4, 0.5) is 8.78 Å². The van der Waals surface area contributed by atoms with Crippen LogP contribution in [-0.2, 0) is 0 Å². The quantitative estimate of drug-likeness (QED) is 0.849. The van der Waals surface area contributed by atoms with E-state index in [9.17, 15) is 13.6 Å². The number of carbonyl (C=O) groups excluding carboxylic acids is 1. The molecule has 0 atom stereocenters. The van der Waals surface area contributed by atoms with Crippen LogP contribution in [-0.4, -0.2) is 10.9 Å². The zero-order chi connectivity index (χ0) is 10.9. The Morgan fingerprint density at radius 1 is 1.64 bits per heavy atom. The minimum absolute atomic E-state index is 0.111. The van der Waals surface area contributed by atoms with Crippen molar-refractivity contribution in [1.29, 1.82) is 0 Å². The van der Waals surface area contributed by atoms with E-state index in [-0.39, 0.29) is 15.2 Å². The van der Waals surface area contributed by atoms with Gasteiger partial charge in [0.25, 0.3) is 12.3 Å². The Labute approximate surface area is 91.4 Å². The van der Waals surface area contributed by atoms with Crippen molar-refractivity contribution in [3.8, 4) is 0 Å². The summed E-state index contributed by atoms with van der Waals surface area (Å²) >= 11 is 8.26. The molecule has 1 rings (SSSR count). The van der Waals surface area contributed by atoms with Crippen LogP contribution < -0.4 is 5.73 Å². The van der Waals surface area contributed by atoms with Gasteiger partial charge in [-0.05, 0) is 15.9 Å². The van der Waals surface area contributed by atoms with Crippen LogP contribution in [0.2, 0.25) is 5.15 Å². The molecule has 0 aromatic carbocycles. The summed E-state index contributed by atoms with van der Waals surface area (Å²) in [6, 6.07) is 0. The van der Waals surface area contributed by atoms with Crippen molar-refractivity contribution in [2.75, 3.05) is 0 Å². The Morgan fingerprint density at radius 2 is 2.21 bits per heavy atom. The molecule has 1 aromatic heterocycles. The molecule has 0 radical (unpaired) electrons. The lowest BCUT2D eigenvalue weighted by Gasteiger charge is -2.07. The SMILES string of the molecule is NC(=O)c1cnc(Cl)c(C(F)F)c1Br. The second kappa shape index (κ2) is 4.18. The maximum absolute atomic E-state index is 12.4. The highest BCUT2D eigenvalue weighted by Gasteiger charge is 2.21.